The van der Waals surface area contributed by atoms with Crippen molar-refractivity contribution in [2.75, 3.05) is 0 Å². The van der Waals surface area contributed by atoms with Crippen LogP contribution < -0.4 is 5.73 Å². The van der Waals surface area contributed by atoms with Crippen LogP contribution in [0.25, 0.3) is 0 Å². The van der Waals surface area contributed by atoms with Crippen molar-refractivity contribution in [2.24, 2.45) is 5.73 Å². The standard InChI is InChI=1S/C8H12NO/c1-5-3-4-6(2)8(10)7(5)9/h3-4,8,10H,9H2,1-2H3. The van der Waals surface area contributed by atoms with Gasteiger partial charge in [-0.05, 0) is 12.5 Å². The van der Waals surface area contributed by atoms with Crippen molar-refractivity contribution in [3.63, 3.8) is 0 Å². The number of aliphatic hydroxyl groups excluding tert-OH is 1. The molecule has 1 aliphatic carbocycles. The van der Waals surface area contributed by atoms with E-state index in [4.69, 9.17) is 5.73 Å². The van der Waals surface area contributed by atoms with Crippen LogP contribution in [0.1, 0.15) is 13.8 Å². The maximum atomic E-state index is 9.35. The quantitative estimate of drug-likeness (QED) is 0.518. The second-order valence-electron chi connectivity index (χ2n) is 2.62. The van der Waals surface area contributed by atoms with Gasteiger partial charge in [0.05, 0.1) is 0 Å². The molecule has 0 fully saturated rings. The Bertz CT molecular complexity index is 193. The van der Waals surface area contributed by atoms with Gasteiger partial charge in [-0.1, -0.05) is 19.1 Å². The fourth-order valence-electron chi connectivity index (χ4n) is 0.905. The largest absolute Gasteiger partial charge is 0.400 e. The minimum atomic E-state index is -0.565. The van der Waals surface area contributed by atoms with E-state index in [1.165, 1.54) is 0 Å². The highest BCUT2D eigenvalue weighted by Gasteiger charge is 2.19. The molecule has 0 aromatic rings. The topological polar surface area (TPSA) is 46.2 Å². The van der Waals surface area contributed by atoms with Gasteiger partial charge in [0.1, 0.15) is 6.10 Å². The van der Waals surface area contributed by atoms with Crippen molar-refractivity contribution in [3.8, 4) is 0 Å². The summed E-state index contributed by atoms with van der Waals surface area (Å²) in [4.78, 5) is 0. The first kappa shape index (κ1) is 7.35. The Hall–Kier alpha value is -0.760. The normalized spacial score (nSPS) is 27.7. The van der Waals surface area contributed by atoms with Gasteiger partial charge in [-0.15, -0.1) is 0 Å². The Morgan fingerprint density at radius 2 is 2.00 bits per heavy atom. The van der Waals surface area contributed by atoms with E-state index in [1.54, 1.807) is 0 Å². The molecular weight excluding hydrogens is 126 g/mol. The van der Waals surface area contributed by atoms with Crippen LogP contribution in [0.5, 0.6) is 0 Å². The highest BCUT2D eigenvalue weighted by Crippen LogP contribution is 2.21. The second-order valence-corrected chi connectivity index (χ2v) is 2.62. The first-order valence-electron chi connectivity index (χ1n) is 3.28. The fraction of sp³-hybridized carbons (Fsp3) is 0.375. The van der Waals surface area contributed by atoms with Crippen LogP contribution >= 0.6 is 0 Å². The molecule has 1 rings (SSSR count). The Morgan fingerprint density at radius 1 is 1.40 bits per heavy atom. The summed E-state index contributed by atoms with van der Waals surface area (Å²) in [5.41, 5.74) is 7.10. The molecule has 0 aliphatic heterocycles. The lowest BCUT2D eigenvalue weighted by molar-refractivity contribution is 0.226. The van der Waals surface area contributed by atoms with Crippen molar-refractivity contribution in [3.05, 3.63) is 29.3 Å². The second kappa shape index (κ2) is 2.46. The lowest BCUT2D eigenvalue weighted by atomic mass is 9.93. The number of hydrogen-bond acceptors (Lipinski definition) is 2. The van der Waals surface area contributed by atoms with E-state index in [-0.39, 0.29) is 0 Å². The molecule has 0 aromatic carbocycles. The number of allylic oxidation sites excluding steroid dienone is 2. The summed E-state index contributed by atoms with van der Waals surface area (Å²) in [5.74, 6) is 0.906. The molecular formula is C8H12NO. The van der Waals surface area contributed by atoms with Gasteiger partial charge in [-0.25, -0.2) is 0 Å². The molecule has 3 N–H and O–H groups in total. The molecule has 1 atom stereocenters. The summed E-state index contributed by atoms with van der Waals surface area (Å²) in [6, 6.07) is 0. The van der Waals surface area contributed by atoms with Crippen molar-refractivity contribution in [1.29, 1.82) is 0 Å². The van der Waals surface area contributed by atoms with Crippen LogP contribution in [0.15, 0.2) is 23.4 Å². The molecule has 0 bridgehead atoms. The van der Waals surface area contributed by atoms with Gasteiger partial charge in [0.25, 0.3) is 0 Å². The fourth-order valence-corrected chi connectivity index (χ4v) is 0.905. The SMILES string of the molecule is C[C]1C=CC(C)=C(N)C1O. The number of aliphatic hydroxyl groups is 1. The summed E-state index contributed by atoms with van der Waals surface area (Å²) >= 11 is 0. The molecule has 0 spiro atoms. The van der Waals surface area contributed by atoms with Crippen LogP contribution in [0, 0.1) is 5.92 Å². The molecule has 2 nitrogen and oxygen atoms in total. The van der Waals surface area contributed by atoms with Gasteiger partial charge < -0.3 is 10.8 Å². The number of rotatable bonds is 0. The van der Waals surface area contributed by atoms with Gasteiger partial charge in [0, 0.05) is 11.6 Å². The summed E-state index contributed by atoms with van der Waals surface area (Å²) in [6.07, 6.45) is 3.23. The predicted octanol–water partition coefficient (Wildman–Crippen LogP) is 0.744. The number of nitrogens with two attached hydrogens (primary N) is 1. The van der Waals surface area contributed by atoms with Crippen molar-refractivity contribution in [1.82, 2.24) is 0 Å². The van der Waals surface area contributed by atoms with E-state index >= 15 is 0 Å². The van der Waals surface area contributed by atoms with Crippen molar-refractivity contribution in [2.45, 2.75) is 20.0 Å². The highest BCUT2D eigenvalue weighted by atomic mass is 16.3. The van der Waals surface area contributed by atoms with Gasteiger partial charge in [0.15, 0.2) is 0 Å². The zero-order chi connectivity index (χ0) is 7.72. The van der Waals surface area contributed by atoms with E-state index in [1.807, 2.05) is 26.0 Å². The Balaban J connectivity index is 2.88. The minimum Gasteiger partial charge on any atom is -0.400 e. The Kier molecular flexibility index (Phi) is 1.81. The molecule has 1 radical (unpaired) electrons. The summed E-state index contributed by atoms with van der Waals surface area (Å²) in [5, 5.41) is 9.35. The van der Waals surface area contributed by atoms with Crippen LogP contribution in [-0.4, -0.2) is 11.2 Å². The van der Waals surface area contributed by atoms with E-state index in [0.717, 1.165) is 11.5 Å². The average Bonchev–Trinajstić information content (AvgIpc) is 1.93. The first-order valence-corrected chi connectivity index (χ1v) is 3.28. The van der Waals surface area contributed by atoms with Crippen LogP contribution in [0.3, 0.4) is 0 Å². The van der Waals surface area contributed by atoms with Crippen molar-refractivity contribution >= 4 is 0 Å². The molecule has 2 heteroatoms. The third-order valence-corrected chi connectivity index (χ3v) is 1.78. The average molecular weight is 138 g/mol. The molecule has 10 heavy (non-hydrogen) atoms. The van der Waals surface area contributed by atoms with E-state index in [9.17, 15) is 5.11 Å². The third kappa shape index (κ3) is 1.07. The summed E-state index contributed by atoms with van der Waals surface area (Å²) in [7, 11) is 0. The van der Waals surface area contributed by atoms with E-state index in [2.05, 4.69) is 0 Å². The van der Waals surface area contributed by atoms with Gasteiger partial charge in [-0.2, -0.15) is 0 Å². The van der Waals surface area contributed by atoms with Crippen LogP contribution in [0.4, 0.5) is 0 Å². The maximum absolute atomic E-state index is 9.35. The molecule has 0 aromatic heterocycles. The lowest BCUT2D eigenvalue weighted by Gasteiger charge is -2.20. The van der Waals surface area contributed by atoms with E-state index < -0.39 is 6.10 Å². The van der Waals surface area contributed by atoms with Gasteiger partial charge in [0.2, 0.25) is 0 Å². The molecule has 0 amide bonds. The predicted molar refractivity (Wildman–Crippen MR) is 41.0 cm³/mol. The zero-order valence-electron chi connectivity index (χ0n) is 6.26. The van der Waals surface area contributed by atoms with Gasteiger partial charge >= 0.3 is 0 Å². The van der Waals surface area contributed by atoms with Gasteiger partial charge in [-0.3, -0.25) is 0 Å². The molecule has 1 aliphatic rings. The molecule has 0 heterocycles. The van der Waals surface area contributed by atoms with Crippen LogP contribution in [-0.2, 0) is 0 Å². The smallest absolute Gasteiger partial charge is 0.103 e. The Labute approximate surface area is 61.0 Å². The molecule has 0 saturated heterocycles. The first-order chi connectivity index (χ1) is 4.63. The third-order valence-electron chi connectivity index (χ3n) is 1.78. The van der Waals surface area contributed by atoms with E-state index in [0.29, 0.717) is 5.70 Å². The number of hydrogen-bond donors (Lipinski definition) is 2. The Morgan fingerprint density at radius 3 is 2.50 bits per heavy atom. The molecule has 1 unspecified atom stereocenters. The lowest BCUT2D eigenvalue weighted by Crippen LogP contribution is -2.25. The maximum Gasteiger partial charge on any atom is 0.103 e. The van der Waals surface area contributed by atoms with Crippen molar-refractivity contribution < 1.29 is 5.11 Å². The monoisotopic (exact) mass is 138 g/mol. The summed E-state index contributed by atoms with van der Waals surface area (Å²) in [6.45, 7) is 3.75. The van der Waals surface area contributed by atoms with Crippen LogP contribution in [0.2, 0.25) is 0 Å². The molecule has 55 valence electrons. The minimum absolute atomic E-state index is 0.565. The summed E-state index contributed by atoms with van der Waals surface area (Å²) < 4.78 is 0. The highest BCUT2D eigenvalue weighted by molar-refractivity contribution is 5.37. The zero-order valence-corrected chi connectivity index (χ0v) is 6.26. The molecule has 0 saturated carbocycles.